The van der Waals surface area contributed by atoms with Crippen molar-refractivity contribution in [1.29, 1.82) is 0 Å². The zero-order valence-electron chi connectivity index (χ0n) is 16.1. The number of halogens is 1. The van der Waals surface area contributed by atoms with Crippen LogP contribution in [0.4, 0.5) is 4.39 Å². The van der Waals surface area contributed by atoms with Gasteiger partial charge in [-0.3, -0.25) is 4.79 Å². The number of carbonyl (C=O) groups is 1. The summed E-state index contributed by atoms with van der Waals surface area (Å²) in [6, 6.07) is 11.8. The third kappa shape index (κ3) is 5.23. The first-order valence-electron chi connectivity index (χ1n) is 9.55. The molecule has 1 atom stereocenters. The van der Waals surface area contributed by atoms with E-state index in [-0.39, 0.29) is 29.9 Å². The number of rotatable bonds is 8. The lowest BCUT2D eigenvalue weighted by molar-refractivity contribution is -0.133. The van der Waals surface area contributed by atoms with E-state index in [1.165, 1.54) is 13.2 Å². The number of hydrogen-bond acceptors (Lipinski definition) is 4. The van der Waals surface area contributed by atoms with Crippen LogP contribution in [0.2, 0.25) is 0 Å². The van der Waals surface area contributed by atoms with E-state index in [9.17, 15) is 14.3 Å². The molecule has 3 rings (SSSR count). The smallest absolute Gasteiger partial charge is 0.223 e. The summed E-state index contributed by atoms with van der Waals surface area (Å²) < 4.78 is 24.5. The highest BCUT2D eigenvalue weighted by atomic mass is 19.1. The summed E-state index contributed by atoms with van der Waals surface area (Å²) in [6.45, 7) is 1.53. The molecule has 2 aromatic rings. The average molecular weight is 387 g/mol. The first-order valence-corrected chi connectivity index (χ1v) is 9.55. The molecule has 6 heteroatoms. The van der Waals surface area contributed by atoms with Gasteiger partial charge in [0, 0.05) is 31.7 Å². The lowest BCUT2D eigenvalue weighted by Gasteiger charge is -2.26. The van der Waals surface area contributed by atoms with Crippen LogP contribution in [0.5, 0.6) is 11.5 Å². The van der Waals surface area contributed by atoms with Crippen LogP contribution >= 0.6 is 0 Å². The second-order valence-electron chi connectivity index (χ2n) is 7.01. The minimum Gasteiger partial charge on any atom is -0.508 e. The average Bonchev–Trinajstić information content (AvgIpc) is 3.20. The molecule has 0 saturated carbocycles. The molecule has 0 aliphatic carbocycles. The van der Waals surface area contributed by atoms with E-state index in [1.54, 1.807) is 29.2 Å². The Morgan fingerprint density at radius 2 is 2.14 bits per heavy atom. The van der Waals surface area contributed by atoms with Crippen molar-refractivity contribution in [2.24, 2.45) is 0 Å². The third-order valence-electron chi connectivity index (χ3n) is 5.00. The molecule has 0 spiro atoms. The fraction of sp³-hybridized carbons (Fsp3) is 0.409. The van der Waals surface area contributed by atoms with E-state index < -0.39 is 5.82 Å². The first kappa shape index (κ1) is 20.1. The molecule has 0 bridgehead atoms. The van der Waals surface area contributed by atoms with Crippen LogP contribution in [0.25, 0.3) is 0 Å². The van der Waals surface area contributed by atoms with Gasteiger partial charge in [-0.25, -0.2) is 4.39 Å². The fourth-order valence-electron chi connectivity index (χ4n) is 3.41. The SMILES string of the molecule is COc1ccc(CCC(=O)N(Cc2ccccc2O)CC2CCCO2)cc1F. The van der Waals surface area contributed by atoms with Gasteiger partial charge in [-0.2, -0.15) is 0 Å². The normalized spacial score (nSPS) is 16.1. The van der Waals surface area contributed by atoms with Crippen molar-refractivity contribution in [2.45, 2.75) is 38.3 Å². The number of nitrogens with zero attached hydrogens (tertiary/aromatic N) is 1. The van der Waals surface area contributed by atoms with Crippen LogP contribution in [0.15, 0.2) is 42.5 Å². The van der Waals surface area contributed by atoms with Gasteiger partial charge in [-0.05, 0) is 43.0 Å². The summed E-state index contributed by atoms with van der Waals surface area (Å²) in [5.41, 5.74) is 1.44. The lowest BCUT2D eigenvalue weighted by Crippen LogP contribution is -2.37. The number of hydrogen-bond donors (Lipinski definition) is 1. The Hall–Kier alpha value is -2.60. The van der Waals surface area contributed by atoms with E-state index in [0.29, 0.717) is 31.7 Å². The molecule has 1 unspecified atom stereocenters. The predicted octanol–water partition coefficient (Wildman–Crippen LogP) is 3.68. The molecular formula is C22H26FNO4. The van der Waals surface area contributed by atoms with E-state index in [4.69, 9.17) is 9.47 Å². The van der Waals surface area contributed by atoms with Crippen LogP contribution in [0.1, 0.15) is 30.4 Å². The summed E-state index contributed by atoms with van der Waals surface area (Å²) in [6.07, 6.45) is 2.63. The number of aryl methyl sites for hydroxylation is 1. The van der Waals surface area contributed by atoms with Crippen molar-refractivity contribution in [3.05, 3.63) is 59.4 Å². The minimum atomic E-state index is -0.433. The molecular weight excluding hydrogens is 361 g/mol. The standard InChI is InChI=1S/C22H26FNO4/c1-27-21-10-8-16(13-19(21)23)9-11-22(26)24(15-18-6-4-12-28-18)14-17-5-2-3-7-20(17)25/h2-3,5,7-8,10,13,18,25H,4,6,9,11-12,14-15H2,1H3. The number of ether oxygens (including phenoxy) is 2. The highest BCUT2D eigenvalue weighted by Crippen LogP contribution is 2.22. The van der Waals surface area contributed by atoms with E-state index >= 15 is 0 Å². The second-order valence-corrected chi connectivity index (χ2v) is 7.01. The topological polar surface area (TPSA) is 59.0 Å². The number of para-hydroxylation sites is 1. The Balaban J connectivity index is 1.66. The quantitative estimate of drug-likeness (QED) is 0.751. The van der Waals surface area contributed by atoms with Gasteiger partial charge < -0.3 is 19.5 Å². The number of methoxy groups -OCH3 is 1. The van der Waals surface area contributed by atoms with Crippen molar-refractivity contribution >= 4 is 5.91 Å². The molecule has 1 amide bonds. The van der Waals surface area contributed by atoms with Gasteiger partial charge in [0.25, 0.3) is 0 Å². The van der Waals surface area contributed by atoms with Gasteiger partial charge in [0.05, 0.1) is 13.2 Å². The largest absolute Gasteiger partial charge is 0.508 e. The molecule has 1 aliphatic heterocycles. The number of benzene rings is 2. The highest BCUT2D eigenvalue weighted by molar-refractivity contribution is 5.76. The Labute approximate surface area is 164 Å². The third-order valence-corrected chi connectivity index (χ3v) is 5.00. The highest BCUT2D eigenvalue weighted by Gasteiger charge is 2.23. The predicted molar refractivity (Wildman–Crippen MR) is 104 cm³/mol. The van der Waals surface area contributed by atoms with E-state index in [0.717, 1.165) is 18.4 Å². The monoisotopic (exact) mass is 387 g/mol. The van der Waals surface area contributed by atoms with E-state index in [1.807, 2.05) is 12.1 Å². The van der Waals surface area contributed by atoms with Crippen LogP contribution in [-0.4, -0.2) is 42.3 Å². The Bertz CT molecular complexity index is 805. The summed E-state index contributed by atoms with van der Waals surface area (Å²) in [4.78, 5) is 14.6. The molecule has 1 aliphatic rings. The molecule has 5 nitrogen and oxygen atoms in total. The van der Waals surface area contributed by atoms with Crippen LogP contribution in [0.3, 0.4) is 0 Å². The van der Waals surface area contributed by atoms with Gasteiger partial charge in [0.1, 0.15) is 5.75 Å². The minimum absolute atomic E-state index is 0.0215. The van der Waals surface area contributed by atoms with Gasteiger partial charge >= 0.3 is 0 Å². The second kappa shape index (κ2) is 9.55. The molecule has 0 radical (unpaired) electrons. The zero-order valence-corrected chi connectivity index (χ0v) is 16.1. The number of phenols is 1. The van der Waals surface area contributed by atoms with Crippen molar-refractivity contribution in [2.75, 3.05) is 20.3 Å². The molecule has 2 aromatic carbocycles. The van der Waals surface area contributed by atoms with Gasteiger partial charge in [-0.15, -0.1) is 0 Å². The summed E-state index contributed by atoms with van der Waals surface area (Å²) >= 11 is 0. The number of amides is 1. The molecule has 1 saturated heterocycles. The van der Waals surface area contributed by atoms with Crippen molar-refractivity contribution in [3.63, 3.8) is 0 Å². The Kier molecular flexibility index (Phi) is 6.87. The van der Waals surface area contributed by atoms with Crippen LogP contribution in [-0.2, 0) is 22.5 Å². The van der Waals surface area contributed by atoms with Crippen molar-refractivity contribution < 1.29 is 23.8 Å². The van der Waals surface area contributed by atoms with Gasteiger partial charge in [-0.1, -0.05) is 24.3 Å². The zero-order chi connectivity index (χ0) is 19.9. The summed E-state index contributed by atoms with van der Waals surface area (Å²) in [5.74, 6) is -0.118. The summed E-state index contributed by atoms with van der Waals surface area (Å²) in [5, 5.41) is 10.1. The van der Waals surface area contributed by atoms with Crippen molar-refractivity contribution in [1.82, 2.24) is 4.90 Å². The number of phenolic OH excluding ortho intramolecular Hbond substituents is 1. The maximum Gasteiger partial charge on any atom is 0.223 e. The van der Waals surface area contributed by atoms with E-state index in [2.05, 4.69) is 0 Å². The molecule has 0 aromatic heterocycles. The first-order chi connectivity index (χ1) is 13.6. The number of carbonyl (C=O) groups excluding carboxylic acids is 1. The van der Waals surface area contributed by atoms with Crippen molar-refractivity contribution in [3.8, 4) is 11.5 Å². The van der Waals surface area contributed by atoms with Crippen LogP contribution in [0, 0.1) is 5.82 Å². The molecule has 28 heavy (non-hydrogen) atoms. The molecule has 150 valence electrons. The van der Waals surface area contributed by atoms with Gasteiger partial charge in [0.2, 0.25) is 5.91 Å². The Morgan fingerprint density at radius 3 is 2.82 bits per heavy atom. The molecule has 1 N–H and O–H groups in total. The van der Waals surface area contributed by atoms with Crippen LogP contribution < -0.4 is 4.74 Å². The maximum absolute atomic E-state index is 13.9. The number of aromatic hydroxyl groups is 1. The maximum atomic E-state index is 13.9. The molecule has 1 heterocycles. The fourth-order valence-corrected chi connectivity index (χ4v) is 3.41. The Morgan fingerprint density at radius 1 is 1.32 bits per heavy atom. The lowest BCUT2D eigenvalue weighted by atomic mass is 10.1. The summed E-state index contributed by atoms with van der Waals surface area (Å²) in [7, 11) is 1.42. The van der Waals surface area contributed by atoms with Gasteiger partial charge in [0.15, 0.2) is 11.6 Å². The molecule has 1 fully saturated rings.